The minimum atomic E-state index is 0.518. The van der Waals surface area contributed by atoms with E-state index >= 15 is 0 Å². The summed E-state index contributed by atoms with van der Waals surface area (Å²) in [4.78, 5) is 4.71. The molecule has 0 saturated carbocycles. The molecule has 0 saturated heterocycles. The standard InChI is InChI=1S/C27H37N3S/c1-6-7-8-9-10-11-14-24-16-18-25(19-17-24)30-27(31)29-23(5)22(4)28-26-15-12-13-20(2)21(26)3/h12-13,15-19H,5-11,14H2,1-4H3,(H2,29,30,31). The fourth-order valence-electron chi connectivity index (χ4n) is 3.36. The molecule has 0 amide bonds. The molecule has 0 unspecified atom stereocenters. The third-order valence-electron chi connectivity index (χ3n) is 5.60. The number of nitrogens with zero attached hydrogens (tertiary/aromatic N) is 1. The van der Waals surface area contributed by atoms with E-state index in [1.165, 1.54) is 55.2 Å². The molecule has 166 valence electrons. The van der Waals surface area contributed by atoms with E-state index < -0.39 is 0 Å². The van der Waals surface area contributed by atoms with Crippen molar-refractivity contribution in [3.05, 3.63) is 71.4 Å². The first-order valence-electron chi connectivity index (χ1n) is 11.4. The van der Waals surface area contributed by atoms with Gasteiger partial charge in [0.1, 0.15) is 0 Å². The number of benzene rings is 2. The van der Waals surface area contributed by atoms with Crippen LogP contribution in [0.2, 0.25) is 0 Å². The predicted octanol–water partition coefficient (Wildman–Crippen LogP) is 7.80. The number of thiocarbonyl (C=S) groups is 1. The second-order valence-corrected chi connectivity index (χ2v) is 8.60. The van der Waals surface area contributed by atoms with Gasteiger partial charge in [0.05, 0.1) is 17.1 Å². The Labute approximate surface area is 194 Å². The van der Waals surface area contributed by atoms with E-state index in [0.29, 0.717) is 10.8 Å². The van der Waals surface area contributed by atoms with Crippen LogP contribution < -0.4 is 10.6 Å². The van der Waals surface area contributed by atoms with Gasteiger partial charge in [-0.3, -0.25) is 4.99 Å². The van der Waals surface area contributed by atoms with Crippen LogP contribution in [0.1, 0.15) is 69.1 Å². The van der Waals surface area contributed by atoms with Crippen LogP contribution in [0.25, 0.3) is 0 Å². The van der Waals surface area contributed by atoms with E-state index in [2.05, 4.69) is 68.3 Å². The van der Waals surface area contributed by atoms with Gasteiger partial charge >= 0.3 is 0 Å². The minimum absolute atomic E-state index is 0.518. The predicted molar refractivity (Wildman–Crippen MR) is 141 cm³/mol. The molecule has 0 aliphatic carbocycles. The average molecular weight is 436 g/mol. The molecule has 0 atom stereocenters. The summed E-state index contributed by atoms with van der Waals surface area (Å²) < 4.78 is 0. The molecule has 0 bridgehead atoms. The third-order valence-corrected chi connectivity index (χ3v) is 5.80. The molecule has 3 nitrogen and oxygen atoms in total. The van der Waals surface area contributed by atoms with Gasteiger partial charge in [-0.25, -0.2) is 0 Å². The number of hydrogen-bond acceptors (Lipinski definition) is 2. The molecule has 0 fully saturated rings. The van der Waals surface area contributed by atoms with Crippen molar-refractivity contribution >= 4 is 34.4 Å². The number of rotatable bonds is 11. The van der Waals surface area contributed by atoms with Crippen molar-refractivity contribution in [1.29, 1.82) is 0 Å². The molecule has 0 aliphatic rings. The normalized spacial score (nSPS) is 11.3. The Bertz CT molecular complexity index is 897. The molecule has 0 aliphatic heterocycles. The number of unbranched alkanes of at least 4 members (excludes halogenated alkanes) is 5. The van der Waals surface area contributed by atoms with Crippen LogP contribution in [0, 0.1) is 13.8 Å². The number of aliphatic imine (C=N–C) groups is 1. The van der Waals surface area contributed by atoms with Crippen molar-refractivity contribution in [2.24, 2.45) is 4.99 Å². The summed E-state index contributed by atoms with van der Waals surface area (Å²) in [7, 11) is 0. The van der Waals surface area contributed by atoms with Crippen molar-refractivity contribution in [2.45, 2.75) is 72.6 Å². The van der Waals surface area contributed by atoms with Crippen molar-refractivity contribution < 1.29 is 0 Å². The number of nitrogens with one attached hydrogen (secondary N) is 2. The summed E-state index contributed by atoms with van der Waals surface area (Å²) in [5.41, 5.74) is 7.22. The molecule has 4 heteroatoms. The van der Waals surface area contributed by atoms with Crippen molar-refractivity contribution in [3.8, 4) is 0 Å². The highest BCUT2D eigenvalue weighted by atomic mass is 32.1. The number of aryl methyl sites for hydroxylation is 2. The van der Waals surface area contributed by atoms with Crippen LogP contribution in [0.5, 0.6) is 0 Å². The Hall–Kier alpha value is -2.46. The first kappa shape index (κ1) is 24.8. The van der Waals surface area contributed by atoms with Crippen molar-refractivity contribution in [2.75, 3.05) is 5.32 Å². The molecule has 2 N–H and O–H groups in total. The zero-order valence-electron chi connectivity index (χ0n) is 19.6. The zero-order chi connectivity index (χ0) is 22.6. The van der Waals surface area contributed by atoms with E-state index in [1.807, 2.05) is 19.1 Å². The van der Waals surface area contributed by atoms with Crippen LogP contribution >= 0.6 is 12.2 Å². The highest BCUT2D eigenvalue weighted by Gasteiger charge is 2.05. The van der Waals surface area contributed by atoms with E-state index in [-0.39, 0.29) is 0 Å². The Morgan fingerprint density at radius 3 is 2.35 bits per heavy atom. The van der Waals surface area contributed by atoms with Gasteiger partial charge in [-0.2, -0.15) is 0 Å². The maximum absolute atomic E-state index is 5.46. The van der Waals surface area contributed by atoms with Gasteiger partial charge < -0.3 is 10.6 Å². The van der Waals surface area contributed by atoms with Gasteiger partial charge in [-0.15, -0.1) is 0 Å². The van der Waals surface area contributed by atoms with Crippen LogP contribution in [-0.4, -0.2) is 10.8 Å². The zero-order valence-corrected chi connectivity index (χ0v) is 20.4. The lowest BCUT2D eigenvalue weighted by molar-refractivity contribution is 0.607. The number of hydrogen-bond donors (Lipinski definition) is 2. The van der Waals surface area contributed by atoms with Crippen LogP contribution in [0.3, 0.4) is 0 Å². The quantitative estimate of drug-likeness (QED) is 0.215. The second-order valence-electron chi connectivity index (χ2n) is 8.19. The summed E-state index contributed by atoms with van der Waals surface area (Å²) >= 11 is 5.46. The Kier molecular flexibility index (Phi) is 10.5. The summed E-state index contributed by atoms with van der Waals surface area (Å²) in [6, 6.07) is 14.7. The maximum atomic E-state index is 5.46. The van der Waals surface area contributed by atoms with E-state index in [4.69, 9.17) is 17.2 Å². The summed E-state index contributed by atoms with van der Waals surface area (Å²) in [6.07, 6.45) is 9.09. The maximum Gasteiger partial charge on any atom is 0.175 e. The topological polar surface area (TPSA) is 36.4 Å². The summed E-state index contributed by atoms with van der Waals surface area (Å²) in [5.74, 6) is 0. The van der Waals surface area contributed by atoms with Crippen LogP contribution in [0.15, 0.2) is 59.7 Å². The first-order chi connectivity index (χ1) is 14.9. The Morgan fingerprint density at radius 2 is 1.65 bits per heavy atom. The monoisotopic (exact) mass is 435 g/mol. The lowest BCUT2D eigenvalue weighted by Gasteiger charge is -2.13. The molecule has 2 aromatic carbocycles. The highest BCUT2D eigenvalue weighted by Crippen LogP contribution is 2.22. The number of allylic oxidation sites excluding steroid dienone is 1. The fourth-order valence-corrected chi connectivity index (χ4v) is 3.60. The van der Waals surface area contributed by atoms with Gasteiger partial charge in [0.25, 0.3) is 0 Å². The SMILES string of the molecule is C=C(NC(=S)Nc1ccc(CCCCCCCC)cc1)C(C)=Nc1cccc(C)c1C. The summed E-state index contributed by atoms with van der Waals surface area (Å²) in [5, 5.41) is 6.90. The molecule has 2 aromatic rings. The molecule has 31 heavy (non-hydrogen) atoms. The van der Waals surface area contributed by atoms with Gasteiger partial charge in [0, 0.05) is 5.69 Å². The Morgan fingerprint density at radius 1 is 0.968 bits per heavy atom. The van der Waals surface area contributed by atoms with Crippen LogP contribution in [0.4, 0.5) is 11.4 Å². The summed E-state index contributed by atoms with van der Waals surface area (Å²) in [6.45, 7) is 12.5. The molecule has 0 heterocycles. The molecule has 2 rings (SSSR count). The molecule has 0 spiro atoms. The highest BCUT2D eigenvalue weighted by molar-refractivity contribution is 7.80. The Balaban J connectivity index is 1.81. The van der Waals surface area contributed by atoms with E-state index in [9.17, 15) is 0 Å². The van der Waals surface area contributed by atoms with Gasteiger partial charge in [0.15, 0.2) is 5.11 Å². The van der Waals surface area contributed by atoms with Crippen molar-refractivity contribution in [3.63, 3.8) is 0 Å². The lowest BCUT2D eigenvalue weighted by atomic mass is 10.0. The smallest absolute Gasteiger partial charge is 0.175 e. The second kappa shape index (κ2) is 13.1. The molecular weight excluding hydrogens is 398 g/mol. The molecular formula is C27H37N3S. The van der Waals surface area contributed by atoms with Gasteiger partial charge in [-0.05, 0) is 80.7 Å². The third kappa shape index (κ3) is 8.66. The largest absolute Gasteiger partial charge is 0.332 e. The van der Waals surface area contributed by atoms with Crippen molar-refractivity contribution in [1.82, 2.24) is 5.32 Å². The molecule has 0 aromatic heterocycles. The van der Waals surface area contributed by atoms with E-state index in [1.54, 1.807) is 0 Å². The van der Waals surface area contributed by atoms with E-state index in [0.717, 1.165) is 23.5 Å². The van der Waals surface area contributed by atoms with Gasteiger partial charge in [-0.1, -0.05) is 69.9 Å². The number of anilines is 1. The lowest BCUT2D eigenvalue weighted by Crippen LogP contribution is -2.30. The average Bonchev–Trinajstić information content (AvgIpc) is 2.75. The molecule has 0 radical (unpaired) electrons. The van der Waals surface area contributed by atoms with Gasteiger partial charge in [0.2, 0.25) is 0 Å². The minimum Gasteiger partial charge on any atom is -0.332 e. The first-order valence-corrected chi connectivity index (χ1v) is 11.8. The van der Waals surface area contributed by atoms with Crippen LogP contribution in [-0.2, 0) is 6.42 Å². The fraction of sp³-hybridized carbons (Fsp3) is 0.407.